The number of fused-ring (bicyclic) bond motifs is 1. The minimum Gasteiger partial charge on any atom is -0.353 e. The fraction of sp³-hybridized carbons (Fsp3) is 0.556. The topological polar surface area (TPSA) is 46.9 Å². The highest BCUT2D eigenvalue weighted by atomic mass is 16.1. The fourth-order valence-corrected chi connectivity index (χ4v) is 3.29. The van der Waals surface area contributed by atoms with Gasteiger partial charge in [0.1, 0.15) is 0 Å². The highest BCUT2D eigenvalue weighted by Crippen LogP contribution is 2.18. The number of aromatic nitrogens is 2. The summed E-state index contributed by atoms with van der Waals surface area (Å²) in [6, 6.07) is 6.69. The number of hydrogen-bond acceptors (Lipinski definition) is 2. The Balaban J connectivity index is 1.56. The van der Waals surface area contributed by atoms with Crippen molar-refractivity contribution < 1.29 is 4.79 Å². The second-order valence-corrected chi connectivity index (χ2v) is 6.44. The zero-order valence-corrected chi connectivity index (χ0v) is 13.3. The molecule has 1 N–H and O–H groups in total. The Morgan fingerprint density at radius 2 is 2.05 bits per heavy atom. The summed E-state index contributed by atoms with van der Waals surface area (Å²) in [5.74, 6) is 0.156. The first-order chi connectivity index (χ1) is 10.7. The van der Waals surface area contributed by atoms with Crippen molar-refractivity contribution in [2.45, 2.75) is 64.5 Å². The predicted octanol–water partition coefficient (Wildman–Crippen LogP) is 3.57. The maximum absolute atomic E-state index is 12.2. The van der Waals surface area contributed by atoms with Crippen LogP contribution in [-0.2, 0) is 11.3 Å². The van der Waals surface area contributed by atoms with Crippen LogP contribution in [0.4, 0.5) is 0 Å². The van der Waals surface area contributed by atoms with Gasteiger partial charge in [-0.15, -0.1) is 0 Å². The molecule has 0 radical (unpaired) electrons. The van der Waals surface area contributed by atoms with Crippen molar-refractivity contribution in [1.82, 2.24) is 15.1 Å². The Labute approximate surface area is 131 Å². The Hall–Kier alpha value is -1.84. The highest BCUT2D eigenvalue weighted by Gasteiger charge is 2.14. The molecule has 0 spiro atoms. The van der Waals surface area contributed by atoms with Crippen molar-refractivity contribution in [2.75, 3.05) is 0 Å². The van der Waals surface area contributed by atoms with E-state index in [9.17, 15) is 4.79 Å². The van der Waals surface area contributed by atoms with Gasteiger partial charge in [-0.3, -0.25) is 9.48 Å². The van der Waals surface area contributed by atoms with Gasteiger partial charge in [0, 0.05) is 17.8 Å². The lowest BCUT2D eigenvalue weighted by atomic mass is 10.1. The van der Waals surface area contributed by atoms with E-state index in [1.54, 1.807) is 0 Å². The normalized spacial score (nSPS) is 16.6. The van der Waals surface area contributed by atoms with Crippen molar-refractivity contribution in [3.05, 3.63) is 30.0 Å². The summed E-state index contributed by atoms with van der Waals surface area (Å²) in [7, 11) is 0. The van der Waals surface area contributed by atoms with Gasteiger partial charge in [-0.1, -0.05) is 37.8 Å². The minimum atomic E-state index is 0.156. The van der Waals surface area contributed by atoms with Gasteiger partial charge in [-0.25, -0.2) is 0 Å². The van der Waals surface area contributed by atoms with E-state index >= 15 is 0 Å². The zero-order valence-electron chi connectivity index (χ0n) is 13.3. The molecular weight excluding hydrogens is 274 g/mol. The molecule has 0 aliphatic heterocycles. The summed E-state index contributed by atoms with van der Waals surface area (Å²) in [4.78, 5) is 12.2. The van der Waals surface area contributed by atoms with Crippen molar-refractivity contribution in [2.24, 2.45) is 0 Å². The lowest BCUT2D eigenvalue weighted by Crippen LogP contribution is -2.34. The number of carbonyl (C=O) groups is 1. The molecule has 118 valence electrons. The SMILES string of the molecule is Cc1ccc2cnn(CCC(=O)NC3CCCCCC3)c2c1. The third-order valence-corrected chi connectivity index (χ3v) is 4.57. The zero-order chi connectivity index (χ0) is 15.4. The van der Waals surface area contributed by atoms with E-state index < -0.39 is 0 Å². The maximum Gasteiger partial charge on any atom is 0.222 e. The number of nitrogens with one attached hydrogen (secondary N) is 1. The van der Waals surface area contributed by atoms with Gasteiger partial charge in [0.25, 0.3) is 0 Å². The van der Waals surface area contributed by atoms with Gasteiger partial charge in [0.2, 0.25) is 5.91 Å². The van der Waals surface area contributed by atoms with Crippen LogP contribution in [0.2, 0.25) is 0 Å². The van der Waals surface area contributed by atoms with Crippen LogP contribution in [0.15, 0.2) is 24.4 Å². The van der Waals surface area contributed by atoms with E-state index in [0.717, 1.165) is 23.7 Å². The average Bonchev–Trinajstić information content (AvgIpc) is 2.72. The molecule has 1 aliphatic carbocycles. The molecule has 0 unspecified atom stereocenters. The van der Waals surface area contributed by atoms with Gasteiger partial charge >= 0.3 is 0 Å². The molecule has 0 bridgehead atoms. The number of rotatable bonds is 4. The van der Waals surface area contributed by atoms with Crippen LogP contribution in [0.5, 0.6) is 0 Å². The third kappa shape index (κ3) is 3.67. The van der Waals surface area contributed by atoms with Crippen LogP contribution in [-0.4, -0.2) is 21.7 Å². The Morgan fingerprint density at radius 1 is 1.27 bits per heavy atom. The third-order valence-electron chi connectivity index (χ3n) is 4.57. The predicted molar refractivity (Wildman–Crippen MR) is 88.7 cm³/mol. The largest absolute Gasteiger partial charge is 0.353 e. The summed E-state index contributed by atoms with van der Waals surface area (Å²) in [6.45, 7) is 2.72. The van der Waals surface area contributed by atoms with Crippen LogP contribution < -0.4 is 5.32 Å². The summed E-state index contributed by atoms with van der Waals surface area (Å²) in [5.41, 5.74) is 2.33. The monoisotopic (exact) mass is 299 g/mol. The van der Waals surface area contributed by atoms with E-state index in [1.807, 2.05) is 10.9 Å². The molecule has 3 rings (SSSR count). The number of carbonyl (C=O) groups excluding carboxylic acids is 1. The van der Waals surface area contributed by atoms with Crippen LogP contribution >= 0.6 is 0 Å². The van der Waals surface area contributed by atoms with E-state index in [4.69, 9.17) is 0 Å². The molecule has 4 nitrogen and oxygen atoms in total. The molecule has 0 atom stereocenters. The molecular formula is C18H25N3O. The van der Waals surface area contributed by atoms with Gasteiger partial charge in [0.15, 0.2) is 0 Å². The second-order valence-electron chi connectivity index (χ2n) is 6.44. The van der Waals surface area contributed by atoms with Gasteiger partial charge < -0.3 is 5.32 Å². The van der Waals surface area contributed by atoms with Crippen molar-refractivity contribution in [3.63, 3.8) is 0 Å². The van der Waals surface area contributed by atoms with E-state index in [-0.39, 0.29) is 5.91 Å². The lowest BCUT2D eigenvalue weighted by Gasteiger charge is -2.16. The van der Waals surface area contributed by atoms with Crippen molar-refractivity contribution in [3.8, 4) is 0 Å². The van der Waals surface area contributed by atoms with Crippen molar-refractivity contribution in [1.29, 1.82) is 0 Å². The molecule has 0 saturated heterocycles. The van der Waals surface area contributed by atoms with Crippen LogP contribution in [0.1, 0.15) is 50.5 Å². The standard InChI is InChI=1S/C18H25N3O/c1-14-8-9-15-13-19-21(17(15)12-14)11-10-18(22)20-16-6-4-2-3-5-7-16/h8-9,12-13,16H,2-7,10-11H2,1H3,(H,20,22). The number of hydrogen-bond donors (Lipinski definition) is 1. The number of aryl methyl sites for hydroxylation is 2. The van der Waals surface area contributed by atoms with E-state index in [0.29, 0.717) is 19.0 Å². The molecule has 1 saturated carbocycles. The van der Waals surface area contributed by atoms with Crippen LogP contribution in [0.3, 0.4) is 0 Å². The van der Waals surface area contributed by atoms with E-state index in [1.165, 1.54) is 31.2 Å². The summed E-state index contributed by atoms with van der Waals surface area (Å²) in [5, 5.41) is 8.74. The summed E-state index contributed by atoms with van der Waals surface area (Å²) >= 11 is 0. The number of amides is 1. The molecule has 1 aliphatic rings. The van der Waals surface area contributed by atoms with Gasteiger partial charge in [0.05, 0.1) is 18.3 Å². The highest BCUT2D eigenvalue weighted by molar-refractivity contribution is 5.80. The summed E-state index contributed by atoms with van der Waals surface area (Å²) < 4.78 is 1.94. The second kappa shape index (κ2) is 6.95. The lowest BCUT2D eigenvalue weighted by molar-refractivity contribution is -0.122. The minimum absolute atomic E-state index is 0.156. The average molecular weight is 299 g/mol. The fourth-order valence-electron chi connectivity index (χ4n) is 3.29. The van der Waals surface area contributed by atoms with Crippen LogP contribution in [0, 0.1) is 6.92 Å². The van der Waals surface area contributed by atoms with E-state index in [2.05, 4.69) is 35.5 Å². The summed E-state index contributed by atoms with van der Waals surface area (Å²) in [6.07, 6.45) is 9.75. The van der Waals surface area contributed by atoms with Crippen molar-refractivity contribution >= 4 is 16.8 Å². The first-order valence-corrected chi connectivity index (χ1v) is 8.44. The Kier molecular flexibility index (Phi) is 4.76. The molecule has 22 heavy (non-hydrogen) atoms. The maximum atomic E-state index is 12.2. The quantitative estimate of drug-likeness (QED) is 0.877. The first-order valence-electron chi connectivity index (χ1n) is 8.44. The van der Waals surface area contributed by atoms with Gasteiger partial charge in [-0.2, -0.15) is 5.10 Å². The first kappa shape index (κ1) is 15.1. The molecule has 4 heteroatoms. The molecule has 1 fully saturated rings. The molecule has 2 aromatic rings. The smallest absolute Gasteiger partial charge is 0.222 e. The molecule has 1 aromatic carbocycles. The van der Waals surface area contributed by atoms with Crippen LogP contribution in [0.25, 0.3) is 10.9 Å². The Morgan fingerprint density at radius 3 is 2.82 bits per heavy atom. The molecule has 1 aromatic heterocycles. The molecule has 1 amide bonds. The molecule has 1 heterocycles. The number of nitrogens with zero attached hydrogens (tertiary/aromatic N) is 2. The van der Waals surface area contributed by atoms with Gasteiger partial charge in [-0.05, 0) is 31.4 Å². The number of benzene rings is 1. The Bertz CT molecular complexity index is 639.